The molecule has 2 rings (SSSR count). The average molecular weight is 406 g/mol. The molecule has 1 aromatic heterocycles. The first-order valence-electron chi connectivity index (χ1n) is 9.60. The summed E-state index contributed by atoms with van der Waals surface area (Å²) >= 11 is 0. The topological polar surface area (TPSA) is 83.7 Å². The summed E-state index contributed by atoms with van der Waals surface area (Å²) in [5, 5.41) is 6.32. The molecule has 0 aliphatic rings. The summed E-state index contributed by atoms with van der Waals surface area (Å²) in [4.78, 5) is 4.72. The summed E-state index contributed by atoms with van der Waals surface area (Å²) in [6.07, 6.45) is 2.38. The molecule has 0 bridgehead atoms. The van der Waals surface area contributed by atoms with Gasteiger partial charge in [-0.15, -0.1) is 0 Å². The Morgan fingerprint density at radius 3 is 2.39 bits per heavy atom. The van der Waals surface area contributed by atoms with Gasteiger partial charge in [-0.05, 0) is 42.2 Å². The van der Waals surface area contributed by atoms with Crippen LogP contribution in [0.2, 0.25) is 0 Å². The molecule has 0 aliphatic heterocycles. The fourth-order valence-electron chi connectivity index (χ4n) is 2.66. The van der Waals surface area contributed by atoms with Crippen molar-refractivity contribution in [1.82, 2.24) is 10.6 Å². The quantitative estimate of drug-likeness (QED) is 0.521. The molecule has 154 valence electrons. The summed E-state index contributed by atoms with van der Waals surface area (Å²) < 4.78 is 30.5. The van der Waals surface area contributed by atoms with Crippen molar-refractivity contribution in [3.63, 3.8) is 0 Å². The summed E-state index contributed by atoms with van der Waals surface area (Å²) in [5.74, 6) is 1.47. The molecular weight excluding hydrogens is 374 g/mol. The van der Waals surface area contributed by atoms with Crippen LogP contribution in [0.1, 0.15) is 39.0 Å². The average Bonchev–Trinajstić information content (AvgIpc) is 3.14. The van der Waals surface area contributed by atoms with Crippen molar-refractivity contribution < 1.29 is 12.8 Å². The summed E-state index contributed by atoms with van der Waals surface area (Å²) in [6, 6.07) is 10.9. The lowest BCUT2D eigenvalue weighted by Crippen LogP contribution is -2.38. The molecule has 0 aliphatic carbocycles. The summed E-state index contributed by atoms with van der Waals surface area (Å²) in [7, 11) is -3.37. The number of aliphatic imine (C=N–C) groups is 1. The molecule has 28 heavy (non-hydrogen) atoms. The lowest BCUT2D eigenvalue weighted by Gasteiger charge is -2.19. The molecule has 7 heteroatoms. The third-order valence-corrected chi connectivity index (χ3v) is 6.01. The third-order valence-electron chi connectivity index (χ3n) is 4.30. The molecule has 0 fully saturated rings. The van der Waals surface area contributed by atoms with Crippen LogP contribution in [-0.4, -0.2) is 39.8 Å². The first-order valence-corrected chi connectivity index (χ1v) is 11.3. The van der Waals surface area contributed by atoms with E-state index < -0.39 is 9.84 Å². The smallest absolute Gasteiger partial charge is 0.191 e. The SMILES string of the molecule is CCNC(=NCCS(=O)(=O)c1ccc(C(C)(C)C)cc1)NCCc1ccco1. The summed E-state index contributed by atoms with van der Waals surface area (Å²) in [5.41, 5.74) is 1.11. The molecule has 1 heterocycles. The van der Waals surface area contributed by atoms with Gasteiger partial charge in [0.1, 0.15) is 5.76 Å². The Morgan fingerprint density at radius 1 is 1.11 bits per heavy atom. The molecule has 2 aromatic rings. The zero-order valence-corrected chi connectivity index (χ0v) is 18.0. The van der Waals surface area contributed by atoms with Gasteiger partial charge in [-0.25, -0.2) is 8.42 Å². The number of rotatable bonds is 8. The van der Waals surface area contributed by atoms with Gasteiger partial charge in [0, 0.05) is 19.5 Å². The van der Waals surface area contributed by atoms with E-state index in [4.69, 9.17) is 4.42 Å². The van der Waals surface area contributed by atoms with Crippen LogP contribution in [0.15, 0.2) is 57.0 Å². The molecule has 0 saturated carbocycles. The van der Waals surface area contributed by atoms with Gasteiger partial charge >= 0.3 is 0 Å². The van der Waals surface area contributed by atoms with E-state index >= 15 is 0 Å². The number of furan rings is 1. The molecule has 6 nitrogen and oxygen atoms in total. The number of hydrogen-bond donors (Lipinski definition) is 2. The molecule has 0 amide bonds. The Bertz CT molecular complexity index is 849. The van der Waals surface area contributed by atoms with Gasteiger partial charge in [0.15, 0.2) is 15.8 Å². The number of nitrogens with one attached hydrogen (secondary N) is 2. The molecule has 2 N–H and O–H groups in total. The van der Waals surface area contributed by atoms with E-state index in [9.17, 15) is 8.42 Å². The van der Waals surface area contributed by atoms with E-state index in [0.717, 1.165) is 17.7 Å². The fraction of sp³-hybridized carbons (Fsp3) is 0.476. The van der Waals surface area contributed by atoms with Crippen LogP contribution in [0, 0.1) is 0 Å². The molecular formula is C21H31N3O3S. The lowest BCUT2D eigenvalue weighted by molar-refractivity contribution is 0.507. The Kier molecular flexibility index (Phi) is 7.69. The standard InChI is InChI=1S/C21H31N3O3S/c1-5-22-20(23-13-12-18-7-6-15-27-18)24-14-16-28(25,26)19-10-8-17(9-11-19)21(2,3)4/h6-11,15H,5,12-14,16H2,1-4H3,(H2,22,23,24). The maximum absolute atomic E-state index is 12.6. The maximum Gasteiger partial charge on any atom is 0.191 e. The highest BCUT2D eigenvalue weighted by Gasteiger charge is 2.17. The second-order valence-corrected chi connectivity index (χ2v) is 9.72. The van der Waals surface area contributed by atoms with Crippen molar-refractivity contribution in [3.8, 4) is 0 Å². The zero-order chi connectivity index (χ0) is 20.6. The Labute approximate surface area is 168 Å². The second-order valence-electron chi connectivity index (χ2n) is 7.61. The number of hydrogen-bond acceptors (Lipinski definition) is 4. The van der Waals surface area contributed by atoms with Crippen molar-refractivity contribution in [2.24, 2.45) is 4.99 Å². The molecule has 0 atom stereocenters. The predicted molar refractivity (Wildman–Crippen MR) is 114 cm³/mol. The van der Waals surface area contributed by atoms with Crippen LogP contribution in [0.25, 0.3) is 0 Å². The number of benzene rings is 1. The highest BCUT2D eigenvalue weighted by atomic mass is 32.2. The van der Waals surface area contributed by atoms with E-state index in [0.29, 0.717) is 23.9 Å². The monoisotopic (exact) mass is 405 g/mol. The maximum atomic E-state index is 12.6. The van der Waals surface area contributed by atoms with Gasteiger partial charge in [0.25, 0.3) is 0 Å². The predicted octanol–water partition coefficient (Wildman–Crippen LogP) is 3.15. The molecule has 0 saturated heterocycles. The minimum Gasteiger partial charge on any atom is -0.469 e. The van der Waals surface area contributed by atoms with Gasteiger partial charge in [-0.1, -0.05) is 32.9 Å². The normalized spacial score (nSPS) is 12.8. The third kappa shape index (κ3) is 6.71. The highest BCUT2D eigenvalue weighted by molar-refractivity contribution is 7.91. The van der Waals surface area contributed by atoms with Gasteiger partial charge < -0.3 is 15.1 Å². The van der Waals surface area contributed by atoms with Crippen LogP contribution in [0.5, 0.6) is 0 Å². The second kappa shape index (κ2) is 9.78. The van der Waals surface area contributed by atoms with E-state index in [1.54, 1.807) is 18.4 Å². The van der Waals surface area contributed by atoms with Crippen molar-refractivity contribution in [3.05, 3.63) is 54.0 Å². The minimum absolute atomic E-state index is 0.00533. The van der Waals surface area contributed by atoms with Crippen LogP contribution in [0.3, 0.4) is 0 Å². The van der Waals surface area contributed by atoms with Crippen LogP contribution in [-0.2, 0) is 21.7 Å². The van der Waals surface area contributed by atoms with Gasteiger partial charge in [-0.2, -0.15) is 0 Å². The van der Waals surface area contributed by atoms with E-state index in [1.807, 2.05) is 31.2 Å². The van der Waals surface area contributed by atoms with E-state index in [-0.39, 0.29) is 17.7 Å². The zero-order valence-electron chi connectivity index (χ0n) is 17.2. The van der Waals surface area contributed by atoms with Gasteiger partial charge in [0.05, 0.1) is 23.5 Å². The van der Waals surface area contributed by atoms with Crippen molar-refractivity contribution >= 4 is 15.8 Å². The lowest BCUT2D eigenvalue weighted by atomic mass is 9.87. The Morgan fingerprint density at radius 2 is 1.82 bits per heavy atom. The van der Waals surface area contributed by atoms with Crippen molar-refractivity contribution in [1.29, 1.82) is 0 Å². The number of guanidine groups is 1. The molecule has 0 spiro atoms. The number of sulfone groups is 1. The largest absolute Gasteiger partial charge is 0.469 e. The Balaban J connectivity index is 1.92. The minimum atomic E-state index is -3.37. The van der Waals surface area contributed by atoms with Crippen molar-refractivity contribution in [2.75, 3.05) is 25.4 Å². The highest BCUT2D eigenvalue weighted by Crippen LogP contribution is 2.23. The Hall–Kier alpha value is -2.28. The van der Waals surface area contributed by atoms with Crippen LogP contribution in [0.4, 0.5) is 0 Å². The van der Waals surface area contributed by atoms with Crippen LogP contribution < -0.4 is 10.6 Å². The molecule has 0 radical (unpaired) electrons. The van der Waals surface area contributed by atoms with E-state index in [1.165, 1.54) is 0 Å². The first kappa shape index (κ1) is 22.0. The molecule has 0 unspecified atom stereocenters. The fourth-order valence-corrected chi connectivity index (χ4v) is 3.78. The van der Waals surface area contributed by atoms with E-state index in [2.05, 4.69) is 36.4 Å². The van der Waals surface area contributed by atoms with Crippen LogP contribution >= 0.6 is 0 Å². The van der Waals surface area contributed by atoms with Gasteiger partial charge in [-0.3, -0.25) is 4.99 Å². The van der Waals surface area contributed by atoms with Gasteiger partial charge in [0.2, 0.25) is 0 Å². The molecule has 1 aromatic carbocycles. The summed E-state index contributed by atoms with van der Waals surface area (Å²) in [6.45, 7) is 9.83. The first-order chi connectivity index (χ1) is 13.2. The number of nitrogens with zero attached hydrogens (tertiary/aromatic N) is 1. The van der Waals surface area contributed by atoms with Crippen molar-refractivity contribution in [2.45, 2.75) is 44.4 Å².